The number of nitrogens with one attached hydrogen (secondary N) is 2. The highest BCUT2D eigenvalue weighted by molar-refractivity contribution is 14.1. The van der Waals surface area contributed by atoms with Crippen LogP contribution in [0.25, 0.3) is 0 Å². The van der Waals surface area contributed by atoms with Crippen LogP contribution in [0.2, 0.25) is 0 Å². The number of hydrogen-bond donors (Lipinski definition) is 6. The van der Waals surface area contributed by atoms with Gasteiger partial charge in [0.2, 0.25) is 6.41 Å². The molecule has 3 amide bonds. The fraction of sp³-hybridized carbons (Fsp3) is 0.526. The van der Waals surface area contributed by atoms with Crippen LogP contribution in [0.1, 0.15) is 41.0 Å². The third kappa shape index (κ3) is 7.86. The summed E-state index contributed by atoms with van der Waals surface area (Å²) < 4.78 is 1.10. The van der Waals surface area contributed by atoms with Crippen LogP contribution >= 0.6 is 67.8 Å². The summed E-state index contributed by atoms with van der Waals surface area (Å²) >= 11 is 5.69. The van der Waals surface area contributed by atoms with E-state index in [0.717, 1.165) is 0 Å². The zero-order valence-corrected chi connectivity index (χ0v) is 23.9. The smallest absolute Gasteiger partial charge is 0.253 e. The first-order chi connectivity index (χ1) is 15.0. The predicted molar refractivity (Wildman–Crippen MR) is 144 cm³/mol. The Morgan fingerprint density at radius 1 is 0.969 bits per heavy atom. The molecule has 0 radical (unpaired) electrons. The number of aliphatic hydroxyl groups excluding tert-OH is 4. The molecule has 0 heterocycles. The molecule has 3 atom stereocenters. The van der Waals surface area contributed by atoms with Gasteiger partial charge < -0.3 is 36.0 Å². The van der Waals surface area contributed by atoms with Crippen LogP contribution in [-0.2, 0) is 4.79 Å². The number of carbonyl (C=O) groups is 3. The summed E-state index contributed by atoms with van der Waals surface area (Å²) in [7, 11) is 0. The lowest BCUT2D eigenvalue weighted by Crippen LogP contribution is -2.38. The molecule has 0 aliphatic carbocycles. The molecule has 3 unspecified atom stereocenters. The maximum Gasteiger partial charge on any atom is 0.253 e. The Kier molecular flexibility index (Phi) is 13.1. The van der Waals surface area contributed by atoms with Gasteiger partial charge in [-0.3, -0.25) is 14.4 Å². The van der Waals surface area contributed by atoms with E-state index in [2.05, 4.69) is 10.6 Å². The van der Waals surface area contributed by atoms with E-state index in [1.165, 1.54) is 11.8 Å². The summed E-state index contributed by atoms with van der Waals surface area (Å²) in [6.45, 7) is 2.49. The predicted octanol–water partition coefficient (Wildman–Crippen LogP) is 0.428. The molecule has 0 spiro atoms. The Morgan fingerprint density at radius 3 is 1.81 bits per heavy atom. The van der Waals surface area contributed by atoms with Gasteiger partial charge in [0, 0.05) is 16.7 Å². The molecule has 0 bridgehead atoms. The number of anilines is 1. The van der Waals surface area contributed by atoms with Crippen LogP contribution < -0.4 is 15.5 Å². The second kappa shape index (κ2) is 14.1. The zero-order chi connectivity index (χ0) is 24.6. The molecule has 6 N–H and O–H groups in total. The fourth-order valence-electron chi connectivity index (χ4n) is 2.58. The number of halogens is 3. The van der Waals surface area contributed by atoms with Gasteiger partial charge in [0.1, 0.15) is 0 Å². The highest BCUT2D eigenvalue weighted by Crippen LogP contribution is 2.37. The van der Waals surface area contributed by atoms with Crippen molar-refractivity contribution in [3.05, 3.63) is 21.8 Å². The Morgan fingerprint density at radius 2 is 1.44 bits per heavy atom. The van der Waals surface area contributed by atoms with E-state index in [-0.39, 0.29) is 36.4 Å². The van der Waals surface area contributed by atoms with Crippen LogP contribution in [-0.4, -0.2) is 83.2 Å². The third-order valence-electron chi connectivity index (χ3n) is 4.30. The van der Waals surface area contributed by atoms with Crippen molar-refractivity contribution in [1.82, 2.24) is 10.6 Å². The summed E-state index contributed by atoms with van der Waals surface area (Å²) in [5, 5.41) is 43.3. The molecule has 0 aliphatic rings. The quantitative estimate of drug-likeness (QED) is 0.133. The molecular formula is C19H26I3N3O7. The van der Waals surface area contributed by atoms with E-state index < -0.39 is 36.7 Å². The topological polar surface area (TPSA) is 159 Å². The van der Waals surface area contributed by atoms with Crippen LogP contribution in [0, 0.1) is 10.7 Å². The summed E-state index contributed by atoms with van der Waals surface area (Å²) in [5.74, 6) is -1.13. The molecule has 0 aliphatic heterocycles. The van der Waals surface area contributed by atoms with Gasteiger partial charge in [-0.1, -0.05) is 6.92 Å². The van der Waals surface area contributed by atoms with Gasteiger partial charge in [0.25, 0.3) is 11.8 Å². The lowest BCUT2D eigenvalue weighted by Gasteiger charge is -2.26. The first-order valence-corrected chi connectivity index (χ1v) is 12.9. The minimum absolute atomic E-state index is 0.0120. The minimum Gasteiger partial charge on any atom is -0.394 e. The molecule has 0 saturated carbocycles. The molecular weight excluding hydrogens is 763 g/mol. The van der Waals surface area contributed by atoms with Gasteiger partial charge in [-0.25, -0.2) is 0 Å². The fourth-order valence-corrected chi connectivity index (χ4v) is 7.35. The van der Waals surface area contributed by atoms with Crippen LogP contribution in [0.4, 0.5) is 5.69 Å². The largest absolute Gasteiger partial charge is 0.394 e. The number of amides is 3. The normalized spacial score (nSPS) is 13.8. The maximum absolute atomic E-state index is 13.0. The SMILES string of the molecule is CCC(O)CNC(=O)c1c(I)c(C(=O)NCC(O)CO)c(I)c(N(C=O)CC(C)O)c1I. The van der Waals surface area contributed by atoms with Gasteiger partial charge in [0.05, 0.1) is 55.4 Å². The minimum atomic E-state index is -1.15. The number of nitrogens with zero attached hydrogens (tertiary/aromatic N) is 1. The molecule has 180 valence electrons. The summed E-state index contributed by atoms with van der Waals surface area (Å²) in [6, 6.07) is 0. The van der Waals surface area contributed by atoms with Crippen molar-refractivity contribution in [3.63, 3.8) is 0 Å². The average molecular weight is 789 g/mol. The maximum atomic E-state index is 13.0. The van der Waals surface area contributed by atoms with Gasteiger partial charge in [-0.05, 0) is 81.1 Å². The molecule has 1 rings (SSSR count). The Hall–Kier alpha value is -0.340. The van der Waals surface area contributed by atoms with Gasteiger partial charge in [-0.15, -0.1) is 0 Å². The molecule has 13 heteroatoms. The standard InChI is InChI=1S/C19H26I3N3O7/c1-3-10(29)4-23-18(31)12-14(20)13(19(32)24-5-11(30)7-26)16(22)17(15(12)21)25(8-27)6-9(2)28/h8-11,26,28-30H,3-7H2,1-2H3,(H,23,31)(H,24,32). The molecule has 0 aromatic heterocycles. The molecule has 32 heavy (non-hydrogen) atoms. The Labute approximate surface area is 226 Å². The van der Waals surface area contributed by atoms with E-state index in [9.17, 15) is 29.7 Å². The second-order valence-corrected chi connectivity index (χ2v) is 10.2. The van der Waals surface area contributed by atoms with Gasteiger partial charge >= 0.3 is 0 Å². The van der Waals surface area contributed by atoms with Crippen LogP contribution in [0.15, 0.2) is 0 Å². The number of hydrogen-bond acceptors (Lipinski definition) is 7. The summed E-state index contributed by atoms with van der Waals surface area (Å²) in [6.07, 6.45) is -1.79. The van der Waals surface area contributed by atoms with Crippen molar-refractivity contribution < 1.29 is 34.8 Å². The van der Waals surface area contributed by atoms with Gasteiger partial charge in [-0.2, -0.15) is 0 Å². The first-order valence-electron chi connectivity index (χ1n) is 9.63. The second-order valence-electron chi connectivity index (χ2n) is 6.97. The molecule has 10 nitrogen and oxygen atoms in total. The zero-order valence-electron chi connectivity index (χ0n) is 17.4. The van der Waals surface area contributed by atoms with Crippen molar-refractivity contribution in [2.45, 2.75) is 38.6 Å². The van der Waals surface area contributed by atoms with Crippen molar-refractivity contribution in [2.75, 3.05) is 31.1 Å². The van der Waals surface area contributed by atoms with E-state index in [1.54, 1.807) is 6.92 Å². The third-order valence-corrected chi connectivity index (χ3v) is 7.48. The average Bonchev–Trinajstić information content (AvgIpc) is 2.74. The highest BCUT2D eigenvalue weighted by Gasteiger charge is 2.30. The summed E-state index contributed by atoms with van der Waals surface area (Å²) in [4.78, 5) is 39.0. The van der Waals surface area contributed by atoms with E-state index in [1.807, 2.05) is 67.8 Å². The molecule has 0 fully saturated rings. The lowest BCUT2D eigenvalue weighted by molar-refractivity contribution is -0.107. The monoisotopic (exact) mass is 789 g/mol. The van der Waals surface area contributed by atoms with E-state index in [4.69, 9.17) is 5.11 Å². The number of carbonyl (C=O) groups excluding carboxylic acids is 3. The number of aliphatic hydroxyl groups is 4. The van der Waals surface area contributed by atoms with Crippen LogP contribution in [0.3, 0.4) is 0 Å². The molecule has 0 saturated heterocycles. The molecule has 1 aromatic carbocycles. The number of rotatable bonds is 12. The number of benzene rings is 1. The first kappa shape index (κ1) is 29.7. The van der Waals surface area contributed by atoms with E-state index in [0.29, 0.717) is 23.5 Å². The highest BCUT2D eigenvalue weighted by atomic mass is 127. The van der Waals surface area contributed by atoms with Crippen molar-refractivity contribution in [3.8, 4) is 0 Å². The van der Waals surface area contributed by atoms with Crippen molar-refractivity contribution in [2.24, 2.45) is 0 Å². The van der Waals surface area contributed by atoms with Crippen molar-refractivity contribution in [1.29, 1.82) is 0 Å². The lowest BCUT2D eigenvalue weighted by atomic mass is 10.1. The van der Waals surface area contributed by atoms with Gasteiger partial charge in [0.15, 0.2) is 0 Å². The van der Waals surface area contributed by atoms with Crippen molar-refractivity contribution >= 4 is 91.7 Å². The molecule has 1 aromatic rings. The van der Waals surface area contributed by atoms with E-state index >= 15 is 0 Å². The Bertz CT molecular complexity index is 786. The Balaban J connectivity index is 3.63. The summed E-state index contributed by atoms with van der Waals surface area (Å²) in [5.41, 5.74) is 0.553. The van der Waals surface area contributed by atoms with Crippen LogP contribution in [0.5, 0.6) is 0 Å².